The summed E-state index contributed by atoms with van der Waals surface area (Å²) in [6.07, 6.45) is 4.18. The van der Waals surface area contributed by atoms with Crippen molar-refractivity contribution in [3.63, 3.8) is 0 Å². The van der Waals surface area contributed by atoms with Crippen LogP contribution in [0.3, 0.4) is 0 Å². The van der Waals surface area contributed by atoms with Crippen molar-refractivity contribution in [1.29, 1.82) is 0 Å². The lowest BCUT2D eigenvalue weighted by Crippen LogP contribution is -1.87. The van der Waals surface area contributed by atoms with Gasteiger partial charge in [0, 0.05) is 23.8 Å². The molecule has 1 aromatic rings. The molecule has 0 unspecified atom stereocenters. The van der Waals surface area contributed by atoms with Crippen molar-refractivity contribution >= 4 is 11.8 Å². The van der Waals surface area contributed by atoms with Crippen LogP contribution in [-0.2, 0) is 7.05 Å². The third-order valence-electron chi connectivity index (χ3n) is 1.56. The molecule has 0 radical (unpaired) electrons. The molecule has 1 aromatic heterocycles. The summed E-state index contributed by atoms with van der Waals surface area (Å²) in [6.45, 7) is 2.13. The van der Waals surface area contributed by atoms with Crippen LogP contribution in [0.5, 0.6) is 0 Å². The molecule has 0 bridgehead atoms. The van der Waals surface area contributed by atoms with Gasteiger partial charge in [-0.2, -0.15) is 0 Å². The molecule has 0 aliphatic heterocycles. The zero-order chi connectivity index (χ0) is 6.85. The van der Waals surface area contributed by atoms with Crippen LogP contribution in [0.4, 0.5) is 0 Å². The van der Waals surface area contributed by atoms with Crippen LogP contribution in [0.1, 0.15) is 5.69 Å². The van der Waals surface area contributed by atoms with E-state index in [9.17, 15) is 0 Å². The fourth-order valence-corrected chi connectivity index (χ4v) is 1.44. The van der Waals surface area contributed by atoms with E-state index in [1.807, 2.05) is 0 Å². The van der Waals surface area contributed by atoms with Crippen molar-refractivity contribution in [3.8, 4) is 0 Å². The van der Waals surface area contributed by atoms with E-state index in [1.54, 1.807) is 11.8 Å². The van der Waals surface area contributed by atoms with Gasteiger partial charge in [-0.15, -0.1) is 11.8 Å². The van der Waals surface area contributed by atoms with Gasteiger partial charge in [-0.3, -0.25) is 0 Å². The molecule has 0 aliphatic carbocycles. The van der Waals surface area contributed by atoms with Crippen molar-refractivity contribution in [2.24, 2.45) is 7.05 Å². The quantitative estimate of drug-likeness (QED) is 0.542. The van der Waals surface area contributed by atoms with Gasteiger partial charge < -0.3 is 4.57 Å². The second-order valence-electron chi connectivity index (χ2n) is 2.08. The molecule has 2 heteroatoms. The first kappa shape index (κ1) is 6.75. The molecule has 1 rings (SSSR count). The molecular weight excluding hydrogens is 130 g/mol. The van der Waals surface area contributed by atoms with Crippen molar-refractivity contribution in [2.45, 2.75) is 11.8 Å². The summed E-state index contributed by atoms with van der Waals surface area (Å²) in [4.78, 5) is 1.37. The van der Waals surface area contributed by atoms with Crippen molar-refractivity contribution < 1.29 is 0 Å². The summed E-state index contributed by atoms with van der Waals surface area (Å²) in [5.74, 6) is 0. The van der Waals surface area contributed by atoms with E-state index in [2.05, 4.69) is 37.1 Å². The first-order chi connectivity index (χ1) is 4.25. The summed E-state index contributed by atoms with van der Waals surface area (Å²) >= 11 is 1.80. The number of nitrogens with zero attached hydrogens (tertiary/aromatic N) is 1. The molecule has 0 amide bonds. The second-order valence-corrected chi connectivity index (χ2v) is 2.93. The maximum atomic E-state index is 2.14. The van der Waals surface area contributed by atoms with E-state index < -0.39 is 0 Å². The Morgan fingerprint density at radius 3 is 2.44 bits per heavy atom. The highest BCUT2D eigenvalue weighted by molar-refractivity contribution is 7.98. The Hall–Kier alpha value is -0.370. The van der Waals surface area contributed by atoms with E-state index in [0.29, 0.717) is 0 Å². The van der Waals surface area contributed by atoms with Crippen LogP contribution in [0.15, 0.2) is 17.2 Å². The molecule has 0 saturated heterocycles. The van der Waals surface area contributed by atoms with Crippen LogP contribution in [0.25, 0.3) is 0 Å². The predicted molar refractivity (Wildman–Crippen MR) is 41.9 cm³/mol. The van der Waals surface area contributed by atoms with Gasteiger partial charge in [-0.1, -0.05) is 0 Å². The van der Waals surface area contributed by atoms with Gasteiger partial charge in [-0.25, -0.2) is 0 Å². The van der Waals surface area contributed by atoms with Gasteiger partial charge in [0.15, 0.2) is 0 Å². The summed E-state index contributed by atoms with van der Waals surface area (Å²) in [5.41, 5.74) is 1.35. The summed E-state index contributed by atoms with van der Waals surface area (Å²) in [6, 6.07) is 2.14. The van der Waals surface area contributed by atoms with E-state index in [1.165, 1.54) is 10.6 Å². The molecular formula is C7H11NS. The average Bonchev–Trinajstić information content (AvgIpc) is 2.15. The first-order valence-corrected chi connectivity index (χ1v) is 4.14. The Kier molecular flexibility index (Phi) is 1.86. The standard InChI is InChI=1S/C7H11NS/c1-6-7(9-3)4-5-8(6)2/h4-5H,1-3H3. The van der Waals surface area contributed by atoms with Crippen LogP contribution in [0, 0.1) is 6.92 Å². The summed E-state index contributed by atoms with van der Waals surface area (Å²) < 4.78 is 2.13. The molecule has 0 fully saturated rings. The summed E-state index contributed by atoms with van der Waals surface area (Å²) in [7, 11) is 2.06. The number of rotatable bonds is 1. The molecule has 0 saturated carbocycles. The van der Waals surface area contributed by atoms with E-state index >= 15 is 0 Å². The Labute approximate surface area is 60.1 Å². The van der Waals surface area contributed by atoms with Crippen molar-refractivity contribution in [3.05, 3.63) is 18.0 Å². The maximum Gasteiger partial charge on any atom is 0.0277 e. The van der Waals surface area contributed by atoms with Gasteiger partial charge in [0.2, 0.25) is 0 Å². The van der Waals surface area contributed by atoms with Crippen LogP contribution in [0.2, 0.25) is 0 Å². The summed E-state index contributed by atoms with van der Waals surface area (Å²) in [5, 5.41) is 0. The third kappa shape index (κ3) is 1.13. The minimum Gasteiger partial charge on any atom is -0.354 e. The number of aromatic nitrogens is 1. The highest BCUT2D eigenvalue weighted by Gasteiger charge is 1.97. The lowest BCUT2D eigenvalue weighted by atomic mass is 10.5. The number of hydrogen-bond donors (Lipinski definition) is 0. The largest absolute Gasteiger partial charge is 0.354 e. The Balaban J connectivity index is 3.04. The highest BCUT2D eigenvalue weighted by atomic mass is 32.2. The molecule has 1 heterocycles. The minimum atomic E-state index is 1.35. The van der Waals surface area contributed by atoms with Gasteiger partial charge in [0.25, 0.3) is 0 Å². The normalized spacial score (nSPS) is 10.1. The zero-order valence-corrected chi connectivity index (χ0v) is 6.83. The molecule has 0 N–H and O–H groups in total. The SMILES string of the molecule is CSc1ccn(C)c1C. The number of aryl methyl sites for hydroxylation is 1. The average molecular weight is 141 g/mol. The zero-order valence-electron chi connectivity index (χ0n) is 6.01. The first-order valence-electron chi connectivity index (χ1n) is 2.91. The molecule has 0 spiro atoms. The van der Waals surface area contributed by atoms with Crippen molar-refractivity contribution in [2.75, 3.05) is 6.26 Å². The predicted octanol–water partition coefficient (Wildman–Crippen LogP) is 2.06. The Morgan fingerprint density at radius 2 is 2.22 bits per heavy atom. The van der Waals surface area contributed by atoms with Gasteiger partial charge >= 0.3 is 0 Å². The molecule has 0 aromatic carbocycles. The molecule has 1 nitrogen and oxygen atoms in total. The van der Waals surface area contributed by atoms with Crippen LogP contribution < -0.4 is 0 Å². The maximum absolute atomic E-state index is 2.14. The molecule has 50 valence electrons. The van der Waals surface area contributed by atoms with Crippen LogP contribution in [-0.4, -0.2) is 10.8 Å². The van der Waals surface area contributed by atoms with Gasteiger partial charge in [-0.05, 0) is 19.2 Å². The third-order valence-corrected chi connectivity index (χ3v) is 2.43. The van der Waals surface area contributed by atoms with Crippen LogP contribution >= 0.6 is 11.8 Å². The van der Waals surface area contributed by atoms with E-state index in [-0.39, 0.29) is 0 Å². The Morgan fingerprint density at radius 1 is 1.56 bits per heavy atom. The Bertz CT molecular complexity index is 203. The fourth-order valence-electron chi connectivity index (χ4n) is 0.801. The fraction of sp³-hybridized carbons (Fsp3) is 0.429. The van der Waals surface area contributed by atoms with Gasteiger partial charge in [0.1, 0.15) is 0 Å². The molecule has 0 aliphatic rings. The van der Waals surface area contributed by atoms with E-state index in [4.69, 9.17) is 0 Å². The van der Waals surface area contributed by atoms with E-state index in [0.717, 1.165) is 0 Å². The minimum absolute atomic E-state index is 1.35. The second kappa shape index (κ2) is 2.48. The number of hydrogen-bond acceptors (Lipinski definition) is 1. The lowest BCUT2D eigenvalue weighted by Gasteiger charge is -1.95. The highest BCUT2D eigenvalue weighted by Crippen LogP contribution is 2.18. The molecule has 9 heavy (non-hydrogen) atoms. The number of thioether (sulfide) groups is 1. The smallest absolute Gasteiger partial charge is 0.0277 e. The lowest BCUT2D eigenvalue weighted by molar-refractivity contribution is 0.869. The monoisotopic (exact) mass is 141 g/mol. The molecule has 0 atom stereocenters. The van der Waals surface area contributed by atoms with Gasteiger partial charge in [0.05, 0.1) is 0 Å². The topological polar surface area (TPSA) is 4.93 Å². The van der Waals surface area contributed by atoms with Crippen molar-refractivity contribution in [1.82, 2.24) is 4.57 Å².